The number of hydrogen-bond acceptors (Lipinski definition) is 2. The van der Waals surface area contributed by atoms with Crippen molar-refractivity contribution in [1.29, 1.82) is 0 Å². The van der Waals surface area contributed by atoms with Crippen LogP contribution in [0.1, 0.15) is 24.0 Å². The molecule has 0 unspecified atom stereocenters. The Bertz CT molecular complexity index is 454. The summed E-state index contributed by atoms with van der Waals surface area (Å²) in [7, 11) is 0. The maximum absolute atomic E-state index is 12.6. The zero-order valence-electron chi connectivity index (χ0n) is 11.1. The topological polar surface area (TPSA) is 29.3 Å². The number of benzene rings is 1. The Morgan fingerprint density at radius 2 is 1.90 bits per heavy atom. The highest BCUT2D eigenvalue weighted by Gasteiger charge is 2.40. The molecule has 0 atom stereocenters. The second kappa shape index (κ2) is 6.33. The molecule has 2 nitrogen and oxygen atoms in total. The molecule has 1 aromatic rings. The van der Waals surface area contributed by atoms with Crippen LogP contribution in [0.15, 0.2) is 18.2 Å². The highest BCUT2D eigenvalue weighted by atomic mass is 35.5. The van der Waals surface area contributed by atoms with Gasteiger partial charge < -0.3 is 5.73 Å². The number of halogens is 4. The summed E-state index contributed by atoms with van der Waals surface area (Å²) >= 11 is 6.17. The highest BCUT2D eigenvalue weighted by molar-refractivity contribution is 6.31. The molecule has 112 valence electrons. The first kappa shape index (κ1) is 15.6. The van der Waals surface area contributed by atoms with Crippen molar-refractivity contribution in [2.24, 2.45) is 11.7 Å². The van der Waals surface area contributed by atoms with E-state index in [1.165, 1.54) is 0 Å². The Labute approximate surface area is 121 Å². The van der Waals surface area contributed by atoms with Crippen molar-refractivity contribution in [3.63, 3.8) is 0 Å². The SMILES string of the molecule is NCc1ccc(CN2CCC(C(F)(F)F)CC2)c(Cl)c1. The lowest BCUT2D eigenvalue weighted by Crippen LogP contribution is -2.38. The van der Waals surface area contributed by atoms with Crippen molar-refractivity contribution in [1.82, 2.24) is 4.90 Å². The van der Waals surface area contributed by atoms with Gasteiger partial charge in [-0.3, -0.25) is 4.90 Å². The maximum atomic E-state index is 12.6. The lowest BCUT2D eigenvalue weighted by molar-refractivity contribution is -0.185. The average molecular weight is 307 g/mol. The molecule has 0 bridgehead atoms. The van der Waals surface area contributed by atoms with E-state index in [4.69, 9.17) is 17.3 Å². The first-order valence-electron chi connectivity index (χ1n) is 6.66. The minimum Gasteiger partial charge on any atom is -0.326 e. The van der Waals surface area contributed by atoms with Gasteiger partial charge in [0.2, 0.25) is 0 Å². The Morgan fingerprint density at radius 3 is 2.40 bits per heavy atom. The monoisotopic (exact) mass is 306 g/mol. The van der Waals surface area contributed by atoms with Crippen LogP contribution in [-0.4, -0.2) is 24.2 Å². The van der Waals surface area contributed by atoms with Crippen LogP contribution in [0.3, 0.4) is 0 Å². The molecule has 0 saturated carbocycles. The molecule has 0 amide bonds. The quantitative estimate of drug-likeness (QED) is 0.925. The summed E-state index contributed by atoms with van der Waals surface area (Å²) in [5.74, 6) is -1.16. The molecule has 0 aliphatic carbocycles. The van der Waals surface area contributed by atoms with Gasteiger partial charge in [-0.2, -0.15) is 13.2 Å². The Morgan fingerprint density at radius 1 is 1.25 bits per heavy atom. The van der Waals surface area contributed by atoms with Gasteiger partial charge in [0.15, 0.2) is 0 Å². The van der Waals surface area contributed by atoms with Crippen LogP contribution in [0.2, 0.25) is 5.02 Å². The maximum Gasteiger partial charge on any atom is 0.391 e. The first-order chi connectivity index (χ1) is 9.40. The molecule has 20 heavy (non-hydrogen) atoms. The summed E-state index contributed by atoms with van der Waals surface area (Å²) in [4.78, 5) is 2.02. The summed E-state index contributed by atoms with van der Waals surface area (Å²) in [5.41, 5.74) is 7.43. The van der Waals surface area contributed by atoms with Crippen molar-refractivity contribution in [3.8, 4) is 0 Å². The molecule has 1 aliphatic rings. The van der Waals surface area contributed by atoms with E-state index in [9.17, 15) is 13.2 Å². The van der Waals surface area contributed by atoms with E-state index >= 15 is 0 Å². The number of nitrogens with two attached hydrogens (primary N) is 1. The van der Waals surface area contributed by atoms with Crippen molar-refractivity contribution in [3.05, 3.63) is 34.3 Å². The van der Waals surface area contributed by atoms with E-state index in [2.05, 4.69) is 0 Å². The number of likely N-dealkylation sites (tertiary alicyclic amines) is 1. The van der Waals surface area contributed by atoms with E-state index in [1.807, 2.05) is 23.1 Å². The molecule has 1 saturated heterocycles. The van der Waals surface area contributed by atoms with E-state index in [0.29, 0.717) is 31.2 Å². The van der Waals surface area contributed by atoms with Crippen LogP contribution in [0.4, 0.5) is 13.2 Å². The van der Waals surface area contributed by atoms with Gasteiger partial charge in [0.25, 0.3) is 0 Å². The van der Waals surface area contributed by atoms with Crippen molar-refractivity contribution < 1.29 is 13.2 Å². The van der Waals surface area contributed by atoms with Crippen LogP contribution in [0.25, 0.3) is 0 Å². The number of alkyl halides is 3. The Hall–Kier alpha value is -0.780. The minimum atomic E-state index is -4.06. The molecule has 0 aromatic heterocycles. The van der Waals surface area contributed by atoms with Crippen LogP contribution >= 0.6 is 11.6 Å². The lowest BCUT2D eigenvalue weighted by atomic mass is 9.96. The normalized spacial score (nSPS) is 18.4. The average Bonchev–Trinajstić information content (AvgIpc) is 2.40. The lowest BCUT2D eigenvalue weighted by Gasteiger charge is -2.33. The van der Waals surface area contributed by atoms with Crippen LogP contribution in [0, 0.1) is 5.92 Å². The van der Waals surface area contributed by atoms with E-state index < -0.39 is 12.1 Å². The molecular formula is C14H18ClF3N2. The molecular weight excluding hydrogens is 289 g/mol. The van der Waals surface area contributed by atoms with Gasteiger partial charge >= 0.3 is 6.18 Å². The van der Waals surface area contributed by atoms with Crippen molar-refractivity contribution in [2.75, 3.05) is 13.1 Å². The summed E-state index contributed by atoms with van der Waals surface area (Å²) in [6.45, 7) is 1.93. The molecule has 1 aromatic carbocycles. The second-order valence-corrected chi connectivity index (χ2v) is 5.63. The van der Waals surface area contributed by atoms with Gasteiger partial charge in [-0.05, 0) is 43.1 Å². The largest absolute Gasteiger partial charge is 0.391 e. The fourth-order valence-electron chi connectivity index (χ4n) is 2.51. The number of piperidine rings is 1. The summed E-state index contributed by atoms with van der Waals surface area (Å²) in [6.07, 6.45) is -3.73. The second-order valence-electron chi connectivity index (χ2n) is 5.22. The van der Waals surface area contributed by atoms with Gasteiger partial charge in [-0.1, -0.05) is 23.7 Å². The summed E-state index contributed by atoms with van der Waals surface area (Å²) in [5, 5.41) is 0.630. The Kier molecular flexibility index (Phi) is 4.94. The molecule has 0 spiro atoms. The molecule has 6 heteroatoms. The van der Waals surface area contributed by atoms with E-state index in [0.717, 1.165) is 11.1 Å². The number of rotatable bonds is 3. The molecule has 2 N–H and O–H groups in total. The third-order valence-electron chi connectivity index (χ3n) is 3.80. The van der Waals surface area contributed by atoms with E-state index in [-0.39, 0.29) is 12.8 Å². The number of hydrogen-bond donors (Lipinski definition) is 1. The van der Waals surface area contributed by atoms with Crippen LogP contribution < -0.4 is 5.73 Å². The standard InChI is InChI=1S/C14H18ClF3N2/c15-13-7-10(8-19)1-2-11(13)9-20-5-3-12(4-6-20)14(16,17)18/h1-2,7,12H,3-6,8-9,19H2. The van der Waals surface area contributed by atoms with Gasteiger partial charge in [0, 0.05) is 18.1 Å². The zero-order chi connectivity index (χ0) is 14.8. The van der Waals surface area contributed by atoms with Gasteiger partial charge in [-0.15, -0.1) is 0 Å². The predicted molar refractivity (Wildman–Crippen MR) is 73.4 cm³/mol. The Balaban J connectivity index is 1.93. The molecule has 1 aliphatic heterocycles. The molecule has 1 fully saturated rings. The summed E-state index contributed by atoms with van der Waals surface area (Å²) < 4.78 is 37.8. The van der Waals surface area contributed by atoms with Gasteiger partial charge in [-0.25, -0.2) is 0 Å². The smallest absolute Gasteiger partial charge is 0.326 e. The highest BCUT2D eigenvalue weighted by Crippen LogP contribution is 2.34. The van der Waals surface area contributed by atoms with Gasteiger partial charge in [0.1, 0.15) is 0 Å². The zero-order valence-corrected chi connectivity index (χ0v) is 11.8. The minimum absolute atomic E-state index is 0.169. The predicted octanol–water partition coefficient (Wildman–Crippen LogP) is 3.57. The van der Waals surface area contributed by atoms with Gasteiger partial charge in [0.05, 0.1) is 5.92 Å². The molecule has 1 heterocycles. The third kappa shape index (κ3) is 3.87. The number of nitrogens with zero attached hydrogens (tertiary/aromatic N) is 1. The van der Waals surface area contributed by atoms with Crippen LogP contribution in [-0.2, 0) is 13.1 Å². The molecule has 2 rings (SSSR count). The fourth-order valence-corrected chi connectivity index (χ4v) is 2.77. The fraction of sp³-hybridized carbons (Fsp3) is 0.571. The molecule has 0 radical (unpaired) electrons. The van der Waals surface area contributed by atoms with E-state index in [1.54, 1.807) is 0 Å². The van der Waals surface area contributed by atoms with Crippen molar-refractivity contribution in [2.45, 2.75) is 32.1 Å². The van der Waals surface area contributed by atoms with Crippen molar-refractivity contribution >= 4 is 11.6 Å². The third-order valence-corrected chi connectivity index (χ3v) is 4.15. The first-order valence-corrected chi connectivity index (χ1v) is 7.04. The summed E-state index contributed by atoms with van der Waals surface area (Å²) in [6, 6.07) is 5.63. The van der Waals surface area contributed by atoms with Crippen LogP contribution in [0.5, 0.6) is 0 Å².